The zero-order valence-electron chi connectivity index (χ0n) is 16.3. The van der Waals surface area contributed by atoms with Gasteiger partial charge in [0.2, 0.25) is 0 Å². The normalized spacial score (nSPS) is 12.9. The van der Waals surface area contributed by atoms with Gasteiger partial charge in [-0.2, -0.15) is 0 Å². The summed E-state index contributed by atoms with van der Waals surface area (Å²) in [6.45, 7) is 7.45. The molecule has 2 nitrogen and oxygen atoms in total. The second-order valence-electron chi connectivity index (χ2n) is 7.66. The van der Waals surface area contributed by atoms with Gasteiger partial charge in [0.25, 0.3) is 0 Å². The first-order chi connectivity index (χ1) is 11.1. The van der Waals surface area contributed by atoms with Gasteiger partial charge in [-0.3, -0.25) is 0 Å². The fraction of sp³-hybridized carbons (Fsp3) is 1.00. The van der Waals surface area contributed by atoms with Crippen LogP contribution in [-0.4, -0.2) is 19.3 Å². The van der Waals surface area contributed by atoms with Crippen LogP contribution in [0.1, 0.15) is 111 Å². The lowest BCUT2D eigenvalue weighted by Crippen LogP contribution is -2.09. The minimum atomic E-state index is -0.574. The molecule has 0 heterocycles. The summed E-state index contributed by atoms with van der Waals surface area (Å²) in [4.78, 5) is 0. The molecule has 1 atom stereocenters. The van der Waals surface area contributed by atoms with Gasteiger partial charge in [0.15, 0.2) is 0 Å². The average molecular weight is 328 g/mol. The molecule has 0 aliphatic rings. The molecule has 0 aromatic carbocycles. The van der Waals surface area contributed by atoms with Crippen molar-refractivity contribution in [1.82, 2.24) is 0 Å². The summed E-state index contributed by atoms with van der Waals surface area (Å²) in [6, 6.07) is 0. The predicted octanol–water partition coefficient (Wildman–Crippen LogP) is 6.94. The van der Waals surface area contributed by atoms with Gasteiger partial charge < -0.3 is 4.74 Å². The molecule has 139 valence electrons. The van der Waals surface area contributed by atoms with Gasteiger partial charge in [-0.05, 0) is 19.3 Å². The van der Waals surface area contributed by atoms with Crippen LogP contribution in [-0.2, 0) is 9.84 Å². The number of rotatable bonds is 18. The molecule has 2 heteroatoms. The van der Waals surface area contributed by atoms with E-state index in [-0.39, 0.29) is 0 Å². The number of ether oxygens (including phenoxy) is 1. The second kappa shape index (κ2) is 18.3. The van der Waals surface area contributed by atoms with E-state index in [4.69, 9.17) is 4.74 Å². The Balaban J connectivity index is 2.97. The van der Waals surface area contributed by atoms with Crippen molar-refractivity contribution in [3.05, 3.63) is 0 Å². The van der Waals surface area contributed by atoms with Crippen molar-refractivity contribution < 1.29 is 9.84 Å². The molecule has 23 heavy (non-hydrogen) atoms. The molecule has 0 fully saturated rings. The van der Waals surface area contributed by atoms with Crippen molar-refractivity contribution in [3.63, 3.8) is 0 Å². The Hall–Kier alpha value is -0.0800. The number of unbranched alkanes of at least 4 members (excludes halogenated alkanes) is 12. The van der Waals surface area contributed by atoms with E-state index in [1.807, 2.05) is 0 Å². The lowest BCUT2D eigenvalue weighted by Gasteiger charge is -2.05. The highest BCUT2D eigenvalue weighted by Gasteiger charge is 1.98. The quantitative estimate of drug-likeness (QED) is 0.251. The van der Waals surface area contributed by atoms with Gasteiger partial charge in [0.1, 0.15) is 6.10 Å². The minimum Gasteiger partial charge on any atom is -0.379 e. The Labute approximate surface area is 146 Å². The average Bonchev–Trinajstić information content (AvgIpc) is 2.49. The number of hydrogen-bond acceptors (Lipinski definition) is 1. The first-order valence-electron chi connectivity index (χ1n) is 10.4. The van der Waals surface area contributed by atoms with Gasteiger partial charge in [0.05, 0.1) is 6.61 Å². The Kier molecular flexibility index (Phi) is 18.2. The summed E-state index contributed by atoms with van der Waals surface area (Å²) in [5.74, 6) is 0.879. The molecule has 0 aromatic heterocycles. The van der Waals surface area contributed by atoms with Crippen molar-refractivity contribution in [2.75, 3.05) is 13.2 Å². The monoisotopic (exact) mass is 327 g/mol. The molecule has 0 rings (SSSR count). The molecule has 0 saturated heterocycles. The molecule has 0 bridgehead atoms. The predicted molar refractivity (Wildman–Crippen MR) is 100 cm³/mol. The summed E-state index contributed by atoms with van der Waals surface area (Å²) >= 11 is 0. The Morgan fingerprint density at radius 2 is 1.00 bits per heavy atom. The van der Waals surface area contributed by atoms with E-state index < -0.39 is 6.10 Å². The molecule has 0 amide bonds. The van der Waals surface area contributed by atoms with Crippen LogP contribution in [0.4, 0.5) is 0 Å². The van der Waals surface area contributed by atoms with E-state index in [0.717, 1.165) is 18.9 Å². The Morgan fingerprint density at radius 1 is 0.609 bits per heavy atom. The maximum absolute atomic E-state index is 10.8. The van der Waals surface area contributed by atoms with Crippen LogP contribution in [0.2, 0.25) is 0 Å². The van der Waals surface area contributed by atoms with Gasteiger partial charge in [0, 0.05) is 6.61 Å². The van der Waals surface area contributed by atoms with Gasteiger partial charge >= 0.3 is 0 Å². The zero-order valence-corrected chi connectivity index (χ0v) is 16.3. The van der Waals surface area contributed by atoms with Crippen molar-refractivity contribution in [2.24, 2.45) is 5.92 Å². The van der Waals surface area contributed by atoms with Crippen LogP contribution in [0.3, 0.4) is 0 Å². The fourth-order valence-electron chi connectivity index (χ4n) is 2.95. The van der Waals surface area contributed by atoms with Gasteiger partial charge in [-0.25, -0.2) is 5.11 Å². The van der Waals surface area contributed by atoms with Crippen molar-refractivity contribution >= 4 is 0 Å². The standard InChI is InChI=1S/C21H43O2/c1-20(2)17-15-13-11-9-7-5-4-6-8-10-12-14-16-18-23-19-21(3)22/h20-21H,4-19H2,1-3H3. The molecule has 1 radical (unpaired) electrons. The summed E-state index contributed by atoms with van der Waals surface area (Å²) < 4.78 is 5.30. The molecular weight excluding hydrogens is 284 g/mol. The third kappa shape index (κ3) is 21.9. The zero-order chi connectivity index (χ0) is 17.2. The van der Waals surface area contributed by atoms with E-state index in [1.165, 1.54) is 83.5 Å². The molecule has 1 unspecified atom stereocenters. The first kappa shape index (κ1) is 22.9. The van der Waals surface area contributed by atoms with Crippen LogP contribution in [0.15, 0.2) is 0 Å². The van der Waals surface area contributed by atoms with Crippen LogP contribution in [0, 0.1) is 5.92 Å². The van der Waals surface area contributed by atoms with Crippen molar-refractivity contribution in [3.8, 4) is 0 Å². The third-order valence-electron chi connectivity index (χ3n) is 4.42. The van der Waals surface area contributed by atoms with E-state index >= 15 is 0 Å². The highest BCUT2D eigenvalue weighted by atomic mass is 16.5. The molecule has 0 aliphatic heterocycles. The van der Waals surface area contributed by atoms with Gasteiger partial charge in [-0.1, -0.05) is 97.3 Å². The van der Waals surface area contributed by atoms with Crippen LogP contribution < -0.4 is 0 Å². The highest BCUT2D eigenvalue weighted by Crippen LogP contribution is 2.14. The minimum absolute atomic E-state index is 0.373. The largest absolute Gasteiger partial charge is 0.379 e. The van der Waals surface area contributed by atoms with Crippen molar-refractivity contribution in [1.29, 1.82) is 0 Å². The second-order valence-corrected chi connectivity index (χ2v) is 7.66. The summed E-state index contributed by atoms with van der Waals surface area (Å²) in [7, 11) is 0. The topological polar surface area (TPSA) is 29.1 Å². The molecule has 0 aromatic rings. The molecular formula is C21H43O2. The molecule has 0 N–H and O–H groups in total. The maximum Gasteiger partial charge on any atom is 0.113 e. The third-order valence-corrected chi connectivity index (χ3v) is 4.42. The van der Waals surface area contributed by atoms with E-state index in [9.17, 15) is 5.11 Å². The summed E-state index contributed by atoms with van der Waals surface area (Å²) in [5.41, 5.74) is 0. The SMILES string of the molecule is CC(C)CCCCCCCCCCCCCCCOCC(C)[O]. The van der Waals surface area contributed by atoms with Crippen LogP contribution in [0.5, 0.6) is 0 Å². The fourth-order valence-corrected chi connectivity index (χ4v) is 2.95. The van der Waals surface area contributed by atoms with E-state index in [1.54, 1.807) is 6.92 Å². The van der Waals surface area contributed by atoms with E-state index in [0.29, 0.717) is 6.61 Å². The van der Waals surface area contributed by atoms with Crippen LogP contribution >= 0.6 is 0 Å². The lowest BCUT2D eigenvalue weighted by molar-refractivity contribution is 0.00659. The maximum atomic E-state index is 10.8. The molecule has 0 saturated carbocycles. The Morgan fingerprint density at radius 3 is 1.39 bits per heavy atom. The number of hydrogen-bond donors (Lipinski definition) is 0. The van der Waals surface area contributed by atoms with Crippen LogP contribution in [0.25, 0.3) is 0 Å². The summed E-state index contributed by atoms with van der Waals surface area (Å²) in [6.07, 6.45) is 18.8. The van der Waals surface area contributed by atoms with E-state index in [2.05, 4.69) is 13.8 Å². The molecule has 0 aliphatic carbocycles. The lowest BCUT2D eigenvalue weighted by atomic mass is 10.0. The van der Waals surface area contributed by atoms with Gasteiger partial charge in [-0.15, -0.1) is 0 Å². The Bertz CT molecular complexity index is 192. The molecule has 0 spiro atoms. The summed E-state index contributed by atoms with van der Waals surface area (Å²) in [5, 5.41) is 10.8. The van der Waals surface area contributed by atoms with Crippen molar-refractivity contribution in [2.45, 2.75) is 117 Å². The highest BCUT2D eigenvalue weighted by molar-refractivity contribution is 4.51. The smallest absolute Gasteiger partial charge is 0.113 e. The first-order valence-corrected chi connectivity index (χ1v) is 10.4.